The fourth-order valence-electron chi connectivity index (χ4n) is 3.07. The van der Waals surface area contributed by atoms with Crippen molar-refractivity contribution in [3.8, 4) is 0 Å². The number of morpholine rings is 1. The van der Waals surface area contributed by atoms with Gasteiger partial charge in [-0.1, -0.05) is 29.8 Å². The molecule has 5 heteroatoms. The van der Waals surface area contributed by atoms with Gasteiger partial charge < -0.3 is 9.47 Å². The van der Waals surface area contributed by atoms with Gasteiger partial charge >= 0.3 is 6.09 Å². The molecule has 1 aromatic carbocycles. The van der Waals surface area contributed by atoms with Crippen LogP contribution < -0.4 is 0 Å². The van der Waals surface area contributed by atoms with E-state index in [4.69, 9.17) is 21.1 Å². The molecule has 2 aliphatic rings. The second-order valence-electron chi connectivity index (χ2n) is 7.05. The van der Waals surface area contributed by atoms with E-state index in [0.29, 0.717) is 13.2 Å². The minimum atomic E-state index is -0.494. The Morgan fingerprint density at radius 1 is 1.26 bits per heavy atom. The molecule has 0 aliphatic carbocycles. The van der Waals surface area contributed by atoms with Crippen molar-refractivity contribution in [3.63, 3.8) is 0 Å². The molecule has 124 valence electrons. The van der Waals surface area contributed by atoms with Crippen LogP contribution in [-0.2, 0) is 9.47 Å². The maximum Gasteiger partial charge on any atom is 0.411 e. The minimum absolute atomic E-state index is 0.0132. The van der Waals surface area contributed by atoms with Crippen LogP contribution >= 0.6 is 11.6 Å². The minimum Gasteiger partial charge on any atom is -0.444 e. The molecule has 23 heavy (non-hydrogen) atoms. The van der Waals surface area contributed by atoms with E-state index in [9.17, 15) is 4.79 Å². The molecule has 1 aromatic rings. The molecule has 2 bridgehead atoms. The summed E-state index contributed by atoms with van der Waals surface area (Å²) < 4.78 is 11.2. The topological polar surface area (TPSA) is 38.8 Å². The Kier molecular flexibility index (Phi) is 4.39. The van der Waals surface area contributed by atoms with E-state index in [1.165, 1.54) is 5.57 Å². The summed E-state index contributed by atoms with van der Waals surface area (Å²) in [7, 11) is 0. The third-order valence-corrected chi connectivity index (χ3v) is 4.27. The number of benzene rings is 1. The molecule has 2 atom stereocenters. The van der Waals surface area contributed by atoms with Gasteiger partial charge in [0.05, 0.1) is 25.3 Å². The first kappa shape index (κ1) is 16.3. The van der Waals surface area contributed by atoms with Crippen molar-refractivity contribution in [1.29, 1.82) is 0 Å². The van der Waals surface area contributed by atoms with Crippen LogP contribution in [0.15, 0.2) is 30.3 Å². The summed E-state index contributed by atoms with van der Waals surface area (Å²) in [6, 6.07) is 7.76. The first-order chi connectivity index (χ1) is 10.8. The number of amides is 1. The van der Waals surface area contributed by atoms with Crippen LogP contribution in [0.3, 0.4) is 0 Å². The monoisotopic (exact) mass is 335 g/mol. The average Bonchev–Trinajstić information content (AvgIpc) is 2.44. The Hall–Kier alpha value is -1.52. The number of ether oxygens (including phenoxy) is 2. The molecule has 0 saturated carbocycles. The van der Waals surface area contributed by atoms with E-state index < -0.39 is 5.60 Å². The van der Waals surface area contributed by atoms with Crippen LogP contribution in [-0.4, -0.2) is 41.9 Å². The molecule has 2 unspecified atom stereocenters. The summed E-state index contributed by atoms with van der Waals surface area (Å²) in [5.74, 6) is 0. The lowest BCUT2D eigenvalue weighted by molar-refractivity contribution is -0.0510. The number of carbonyl (C=O) groups excluding carboxylic acids is 1. The van der Waals surface area contributed by atoms with Crippen molar-refractivity contribution in [2.45, 2.75) is 44.9 Å². The molecule has 0 radical (unpaired) electrons. The van der Waals surface area contributed by atoms with Crippen molar-refractivity contribution >= 4 is 23.3 Å². The van der Waals surface area contributed by atoms with E-state index >= 15 is 0 Å². The molecule has 0 aromatic heterocycles. The maximum absolute atomic E-state index is 12.5. The Bertz CT molecular complexity index is 618. The molecular weight excluding hydrogens is 314 g/mol. The maximum atomic E-state index is 12.5. The molecule has 2 heterocycles. The van der Waals surface area contributed by atoms with Crippen LogP contribution in [0, 0.1) is 0 Å². The third-order valence-electron chi connectivity index (χ3n) is 4.02. The Labute approximate surface area is 142 Å². The summed E-state index contributed by atoms with van der Waals surface area (Å²) in [6.45, 7) is 6.70. The van der Waals surface area contributed by atoms with Gasteiger partial charge in [0.15, 0.2) is 0 Å². The lowest BCUT2D eigenvalue weighted by atomic mass is 9.90. The van der Waals surface area contributed by atoms with Crippen LogP contribution in [0.25, 0.3) is 5.57 Å². The second kappa shape index (κ2) is 6.17. The Morgan fingerprint density at radius 3 is 2.57 bits per heavy atom. The zero-order valence-corrected chi connectivity index (χ0v) is 14.5. The van der Waals surface area contributed by atoms with Crippen LogP contribution in [0.5, 0.6) is 0 Å². The summed E-state index contributed by atoms with van der Waals surface area (Å²) in [5.41, 5.74) is 1.89. The van der Waals surface area contributed by atoms with Crippen molar-refractivity contribution in [3.05, 3.63) is 40.9 Å². The Balaban J connectivity index is 1.84. The van der Waals surface area contributed by atoms with Gasteiger partial charge in [-0.05, 0) is 50.5 Å². The van der Waals surface area contributed by atoms with E-state index in [-0.39, 0.29) is 18.2 Å². The van der Waals surface area contributed by atoms with E-state index in [0.717, 1.165) is 17.0 Å². The lowest BCUT2D eigenvalue weighted by Crippen LogP contribution is -2.57. The number of halogens is 1. The third kappa shape index (κ3) is 3.70. The van der Waals surface area contributed by atoms with E-state index in [1.54, 1.807) is 0 Å². The summed E-state index contributed by atoms with van der Waals surface area (Å²) in [5, 5.41) is 0.726. The fraction of sp³-hybridized carbons (Fsp3) is 0.500. The molecule has 1 amide bonds. The normalized spacial score (nSPS) is 24.2. The van der Waals surface area contributed by atoms with Gasteiger partial charge in [-0.15, -0.1) is 0 Å². The van der Waals surface area contributed by atoms with E-state index in [2.05, 4.69) is 6.08 Å². The van der Waals surface area contributed by atoms with Gasteiger partial charge in [-0.25, -0.2) is 4.79 Å². The molecule has 0 spiro atoms. The second-order valence-corrected chi connectivity index (χ2v) is 7.49. The van der Waals surface area contributed by atoms with Gasteiger partial charge in [0, 0.05) is 5.02 Å². The number of nitrogens with zero attached hydrogens (tertiary/aromatic N) is 1. The zero-order chi connectivity index (χ0) is 16.6. The van der Waals surface area contributed by atoms with Gasteiger partial charge in [0.25, 0.3) is 0 Å². The standard InChI is InChI=1S/C18H22ClNO3/c1-18(2,3)23-17(21)20-15-8-13(9-16(20)11-22-10-15)12-4-6-14(19)7-5-12/h4-8,15-16H,9-11H2,1-3H3. The Morgan fingerprint density at radius 2 is 1.96 bits per heavy atom. The summed E-state index contributed by atoms with van der Waals surface area (Å²) in [4.78, 5) is 14.3. The van der Waals surface area contributed by atoms with Crippen molar-refractivity contribution in [2.75, 3.05) is 13.2 Å². The quantitative estimate of drug-likeness (QED) is 0.774. The number of carbonyl (C=O) groups is 1. The van der Waals surface area contributed by atoms with Crippen LogP contribution in [0.4, 0.5) is 4.79 Å². The van der Waals surface area contributed by atoms with Gasteiger partial charge in [0.1, 0.15) is 5.60 Å². The number of fused-ring (bicyclic) bond motifs is 2. The molecule has 4 nitrogen and oxygen atoms in total. The molecule has 1 fully saturated rings. The highest BCUT2D eigenvalue weighted by atomic mass is 35.5. The molecule has 2 aliphatic heterocycles. The first-order valence-electron chi connectivity index (χ1n) is 7.89. The van der Waals surface area contributed by atoms with Crippen LogP contribution in [0.1, 0.15) is 32.8 Å². The van der Waals surface area contributed by atoms with E-state index in [1.807, 2.05) is 49.9 Å². The molecule has 1 saturated heterocycles. The highest BCUT2D eigenvalue weighted by Gasteiger charge is 2.40. The molecule has 0 N–H and O–H groups in total. The predicted octanol–water partition coefficient (Wildman–Crippen LogP) is 4.13. The van der Waals surface area contributed by atoms with Gasteiger partial charge in [-0.2, -0.15) is 0 Å². The largest absolute Gasteiger partial charge is 0.444 e. The summed E-state index contributed by atoms with van der Waals surface area (Å²) >= 11 is 5.96. The zero-order valence-electron chi connectivity index (χ0n) is 13.7. The van der Waals surface area contributed by atoms with Crippen LogP contribution in [0.2, 0.25) is 5.02 Å². The van der Waals surface area contributed by atoms with Gasteiger partial charge in [0.2, 0.25) is 0 Å². The van der Waals surface area contributed by atoms with Crippen molar-refractivity contribution < 1.29 is 14.3 Å². The number of hydrogen-bond acceptors (Lipinski definition) is 3. The summed E-state index contributed by atoms with van der Waals surface area (Å²) in [6.07, 6.45) is 2.61. The fourth-order valence-corrected chi connectivity index (χ4v) is 3.20. The highest BCUT2D eigenvalue weighted by molar-refractivity contribution is 6.30. The smallest absolute Gasteiger partial charge is 0.411 e. The van der Waals surface area contributed by atoms with Gasteiger partial charge in [-0.3, -0.25) is 4.90 Å². The lowest BCUT2D eigenvalue weighted by Gasteiger charge is -2.44. The van der Waals surface area contributed by atoms with Crippen molar-refractivity contribution in [2.24, 2.45) is 0 Å². The highest BCUT2D eigenvalue weighted by Crippen LogP contribution is 2.33. The molecule has 3 rings (SSSR count). The molecular formula is C18H22ClNO3. The number of rotatable bonds is 1. The SMILES string of the molecule is CC(C)(C)OC(=O)N1C2C=C(c3ccc(Cl)cc3)CC1COC2. The predicted molar refractivity (Wildman–Crippen MR) is 90.5 cm³/mol. The number of hydrogen-bond donors (Lipinski definition) is 0. The average molecular weight is 336 g/mol. The first-order valence-corrected chi connectivity index (χ1v) is 8.27. The van der Waals surface area contributed by atoms with Crippen molar-refractivity contribution in [1.82, 2.24) is 4.90 Å².